The van der Waals surface area contributed by atoms with Crippen LogP contribution in [0, 0.1) is 5.82 Å². The number of pyridine rings is 1. The van der Waals surface area contributed by atoms with Gasteiger partial charge in [0.25, 0.3) is 5.91 Å². The Bertz CT molecular complexity index is 1040. The topological polar surface area (TPSA) is 79.4 Å². The standard InChI is InChI=1S/C21H17ClFN3O3/c1-3-18(28)26(4-2)20-16(23)10-12(11-24-20)13-6-5-7-14(19(13)22)15-8-9-17(27)25-21(15)29/h3-7,10-11,15H,1-2,8-9H2,(H,25,27,29). The molecule has 1 aliphatic heterocycles. The van der Waals surface area contributed by atoms with E-state index in [2.05, 4.69) is 23.5 Å². The molecule has 0 spiro atoms. The van der Waals surface area contributed by atoms with Gasteiger partial charge in [-0.3, -0.25) is 24.6 Å². The van der Waals surface area contributed by atoms with Gasteiger partial charge in [-0.05, 0) is 24.1 Å². The maximum absolute atomic E-state index is 14.7. The minimum absolute atomic E-state index is 0.217. The fourth-order valence-electron chi connectivity index (χ4n) is 3.17. The molecule has 6 nitrogen and oxygen atoms in total. The monoisotopic (exact) mass is 413 g/mol. The van der Waals surface area contributed by atoms with Crippen LogP contribution < -0.4 is 10.2 Å². The van der Waals surface area contributed by atoms with Gasteiger partial charge in [0.2, 0.25) is 11.8 Å². The van der Waals surface area contributed by atoms with Crippen molar-refractivity contribution in [2.45, 2.75) is 18.8 Å². The van der Waals surface area contributed by atoms with Crippen LogP contribution in [0.4, 0.5) is 10.2 Å². The molecule has 3 amide bonds. The minimum atomic E-state index is -0.750. The van der Waals surface area contributed by atoms with E-state index in [0.29, 0.717) is 23.1 Å². The van der Waals surface area contributed by atoms with Crippen molar-refractivity contribution >= 4 is 35.1 Å². The molecule has 0 bridgehead atoms. The zero-order valence-electron chi connectivity index (χ0n) is 15.3. The molecule has 0 saturated carbocycles. The number of hydrogen-bond acceptors (Lipinski definition) is 4. The van der Waals surface area contributed by atoms with Gasteiger partial charge < -0.3 is 0 Å². The largest absolute Gasteiger partial charge is 0.296 e. The molecule has 0 radical (unpaired) electrons. The van der Waals surface area contributed by atoms with Crippen LogP contribution in [0.2, 0.25) is 5.02 Å². The zero-order chi connectivity index (χ0) is 21.1. The SMILES string of the molecule is C=CC(=O)N(C=C)c1ncc(-c2cccc(C3CCC(=O)NC3=O)c2Cl)cc1F. The predicted octanol–water partition coefficient (Wildman–Crippen LogP) is 3.72. The number of nitrogens with one attached hydrogen (secondary N) is 1. The third-order valence-corrected chi connectivity index (χ3v) is 5.02. The molecule has 2 heterocycles. The molecular formula is C21H17ClFN3O3. The van der Waals surface area contributed by atoms with Crippen LogP contribution in [-0.2, 0) is 14.4 Å². The van der Waals surface area contributed by atoms with Crippen molar-refractivity contribution in [3.05, 3.63) is 72.3 Å². The van der Waals surface area contributed by atoms with E-state index in [1.165, 1.54) is 12.3 Å². The van der Waals surface area contributed by atoms with Gasteiger partial charge in [-0.15, -0.1) is 0 Å². The first-order chi connectivity index (χ1) is 13.9. The Labute approximate surface area is 171 Å². The highest BCUT2D eigenvalue weighted by Crippen LogP contribution is 2.37. The average Bonchev–Trinajstić information content (AvgIpc) is 2.70. The highest BCUT2D eigenvalue weighted by molar-refractivity contribution is 6.34. The molecule has 3 rings (SSSR count). The Morgan fingerprint density at radius 1 is 1.34 bits per heavy atom. The minimum Gasteiger partial charge on any atom is -0.296 e. The Morgan fingerprint density at radius 2 is 2.10 bits per heavy atom. The van der Waals surface area contributed by atoms with Gasteiger partial charge in [-0.2, -0.15) is 0 Å². The number of carbonyl (C=O) groups excluding carboxylic acids is 3. The van der Waals surface area contributed by atoms with Gasteiger partial charge in [0, 0.05) is 29.9 Å². The van der Waals surface area contributed by atoms with E-state index in [1.807, 2.05) is 0 Å². The molecule has 2 aromatic rings. The van der Waals surface area contributed by atoms with E-state index in [0.717, 1.165) is 17.2 Å². The van der Waals surface area contributed by atoms with Crippen LogP contribution in [0.25, 0.3) is 11.1 Å². The van der Waals surface area contributed by atoms with E-state index in [-0.39, 0.29) is 23.2 Å². The summed E-state index contributed by atoms with van der Waals surface area (Å²) in [4.78, 5) is 40.4. The second-order valence-corrected chi connectivity index (χ2v) is 6.71. The molecule has 1 atom stereocenters. The van der Waals surface area contributed by atoms with Crippen LogP contribution >= 0.6 is 11.6 Å². The van der Waals surface area contributed by atoms with Crippen LogP contribution in [0.15, 0.2) is 55.9 Å². The summed E-state index contributed by atoms with van der Waals surface area (Å²) in [5, 5.41) is 2.58. The first kappa shape index (κ1) is 20.4. The Hall–Kier alpha value is -3.32. The van der Waals surface area contributed by atoms with Crippen LogP contribution in [-0.4, -0.2) is 22.7 Å². The first-order valence-corrected chi connectivity index (χ1v) is 9.11. The zero-order valence-corrected chi connectivity index (χ0v) is 16.1. The molecule has 1 fully saturated rings. The lowest BCUT2D eigenvalue weighted by atomic mass is 9.88. The number of imide groups is 1. The lowest BCUT2D eigenvalue weighted by Crippen LogP contribution is -2.39. The molecule has 1 N–H and O–H groups in total. The van der Waals surface area contributed by atoms with Crippen molar-refractivity contribution in [2.75, 3.05) is 4.90 Å². The van der Waals surface area contributed by atoms with Gasteiger partial charge in [0.05, 0.1) is 10.9 Å². The van der Waals surface area contributed by atoms with Crippen molar-refractivity contribution < 1.29 is 18.8 Å². The average molecular weight is 414 g/mol. The van der Waals surface area contributed by atoms with Gasteiger partial charge >= 0.3 is 0 Å². The number of anilines is 1. The van der Waals surface area contributed by atoms with Crippen molar-refractivity contribution in [1.29, 1.82) is 0 Å². The van der Waals surface area contributed by atoms with E-state index < -0.39 is 23.5 Å². The number of rotatable bonds is 5. The van der Waals surface area contributed by atoms with Crippen LogP contribution in [0.3, 0.4) is 0 Å². The third kappa shape index (κ3) is 3.95. The number of halogens is 2. The van der Waals surface area contributed by atoms with Crippen molar-refractivity contribution in [3.8, 4) is 11.1 Å². The first-order valence-electron chi connectivity index (χ1n) is 8.73. The highest BCUT2D eigenvalue weighted by atomic mass is 35.5. The maximum atomic E-state index is 14.7. The molecule has 29 heavy (non-hydrogen) atoms. The Kier molecular flexibility index (Phi) is 5.89. The lowest BCUT2D eigenvalue weighted by Gasteiger charge is -2.23. The fraction of sp³-hybridized carbons (Fsp3) is 0.143. The van der Waals surface area contributed by atoms with E-state index >= 15 is 0 Å². The molecule has 148 valence electrons. The van der Waals surface area contributed by atoms with E-state index in [4.69, 9.17) is 11.6 Å². The second-order valence-electron chi connectivity index (χ2n) is 6.34. The molecule has 0 aliphatic carbocycles. The van der Waals surface area contributed by atoms with Gasteiger partial charge in [0.15, 0.2) is 11.6 Å². The number of amides is 3. The second kappa shape index (κ2) is 8.36. The Balaban J connectivity index is 2.00. The smallest absolute Gasteiger partial charge is 0.255 e. The van der Waals surface area contributed by atoms with Gasteiger partial charge in [-0.25, -0.2) is 9.37 Å². The summed E-state index contributed by atoms with van der Waals surface area (Å²) in [6.45, 7) is 6.85. The van der Waals surface area contributed by atoms with Crippen molar-refractivity contribution in [2.24, 2.45) is 0 Å². The molecule has 1 aromatic heterocycles. The van der Waals surface area contributed by atoms with Crippen molar-refractivity contribution in [1.82, 2.24) is 10.3 Å². The number of aromatic nitrogens is 1. The summed E-state index contributed by atoms with van der Waals surface area (Å²) in [6, 6.07) is 6.27. The van der Waals surface area contributed by atoms with Crippen molar-refractivity contribution in [3.63, 3.8) is 0 Å². The Morgan fingerprint density at radius 3 is 2.72 bits per heavy atom. The number of carbonyl (C=O) groups is 3. The summed E-state index contributed by atoms with van der Waals surface area (Å²) >= 11 is 6.52. The number of hydrogen-bond donors (Lipinski definition) is 1. The molecule has 1 aromatic carbocycles. The van der Waals surface area contributed by atoms with E-state index in [9.17, 15) is 18.8 Å². The summed E-state index contributed by atoms with van der Waals surface area (Å²) < 4.78 is 14.7. The normalized spacial score (nSPS) is 16.1. The number of piperidine rings is 1. The summed E-state index contributed by atoms with van der Waals surface area (Å²) in [5.74, 6) is -2.84. The molecular weight excluding hydrogens is 397 g/mol. The molecule has 1 aliphatic rings. The molecule has 8 heteroatoms. The molecule has 1 saturated heterocycles. The fourth-order valence-corrected chi connectivity index (χ4v) is 3.53. The lowest BCUT2D eigenvalue weighted by molar-refractivity contribution is -0.134. The van der Waals surface area contributed by atoms with E-state index in [1.54, 1.807) is 18.2 Å². The third-order valence-electron chi connectivity index (χ3n) is 4.60. The van der Waals surface area contributed by atoms with Gasteiger partial charge in [0.1, 0.15) is 0 Å². The van der Waals surface area contributed by atoms with Crippen LogP contribution in [0.5, 0.6) is 0 Å². The maximum Gasteiger partial charge on any atom is 0.255 e. The summed E-state index contributed by atoms with van der Waals surface area (Å²) in [6.07, 6.45) is 4.11. The highest BCUT2D eigenvalue weighted by Gasteiger charge is 2.30. The van der Waals surface area contributed by atoms with Crippen LogP contribution in [0.1, 0.15) is 24.3 Å². The summed E-state index contributed by atoms with van der Waals surface area (Å²) in [7, 11) is 0. The molecule has 1 unspecified atom stereocenters. The summed E-state index contributed by atoms with van der Waals surface area (Å²) in [5.41, 5.74) is 1.40. The van der Waals surface area contributed by atoms with Gasteiger partial charge in [-0.1, -0.05) is 43.0 Å². The predicted molar refractivity (Wildman–Crippen MR) is 108 cm³/mol. The number of benzene rings is 1. The quantitative estimate of drug-likeness (QED) is 0.598. The number of nitrogens with zero attached hydrogens (tertiary/aromatic N) is 2.